The summed E-state index contributed by atoms with van der Waals surface area (Å²) in [5, 5.41) is 8.17. The van der Waals surface area contributed by atoms with Gasteiger partial charge in [0.05, 0.1) is 6.54 Å². The lowest BCUT2D eigenvalue weighted by Crippen LogP contribution is -2.38. The Bertz CT molecular complexity index is 632. The van der Waals surface area contributed by atoms with Crippen LogP contribution in [0.3, 0.4) is 0 Å². The van der Waals surface area contributed by atoms with Crippen molar-refractivity contribution in [1.82, 2.24) is 19.7 Å². The van der Waals surface area contributed by atoms with Gasteiger partial charge >= 0.3 is 0 Å². The molecule has 1 aliphatic rings. The minimum Gasteiger partial charge on any atom is -0.329 e. The van der Waals surface area contributed by atoms with Crippen LogP contribution in [-0.4, -0.2) is 32.1 Å². The lowest BCUT2D eigenvalue weighted by Gasteiger charge is -2.27. The summed E-state index contributed by atoms with van der Waals surface area (Å²) in [6.45, 7) is 5.94. The maximum absolute atomic E-state index is 12.4. The van der Waals surface area contributed by atoms with Crippen molar-refractivity contribution in [2.24, 2.45) is 0 Å². The highest BCUT2D eigenvalue weighted by Gasteiger charge is 2.24. The zero-order chi connectivity index (χ0) is 13.4. The van der Waals surface area contributed by atoms with Crippen LogP contribution in [0.15, 0.2) is 24.3 Å². The Kier molecular flexibility index (Phi) is 2.81. The van der Waals surface area contributed by atoms with Gasteiger partial charge in [0.2, 0.25) is 0 Å². The summed E-state index contributed by atoms with van der Waals surface area (Å²) in [6.07, 6.45) is 0. The fourth-order valence-corrected chi connectivity index (χ4v) is 2.44. The van der Waals surface area contributed by atoms with Crippen molar-refractivity contribution in [1.29, 1.82) is 0 Å². The highest BCUT2D eigenvalue weighted by molar-refractivity contribution is 5.94. The van der Waals surface area contributed by atoms with Gasteiger partial charge < -0.3 is 9.47 Å². The molecule has 3 rings (SSSR count). The molecular formula is C14H16N4O. The van der Waals surface area contributed by atoms with Crippen LogP contribution in [0, 0.1) is 13.8 Å². The lowest BCUT2D eigenvalue weighted by molar-refractivity contribution is 0.0706. The van der Waals surface area contributed by atoms with Crippen molar-refractivity contribution in [2.75, 3.05) is 6.54 Å². The first kappa shape index (κ1) is 11.9. The van der Waals surface area contributed by atoms with Crippen molar-refractivity contribution in [3.63, 3.8) is 0 Å². The van der Waals surface area contributed by atoms with Crippen LogP contribution >= 0.6 is 0 Å². The molecule has 5 nitrogen and oxygen atoms in total. The number of aryl methyl sites for hydroxylation is 2. The van der Waals surface area contributed by atoms with Crippen molar-refractivity contribution in [3.05, 3.63) is 47.0 Å². The Morgan fingerprint density at radius 2 is 2.05 bits per heavy atom. The van der Waals surface area contributed by atoms with E-state index in [9.17, 15) is 4.79 Å². The summed E-state index contributed by atoms with van der Waals surface area (Å²) in [5.41, 5.74) is 1.84. The van der Waals surface area contributed by atoms with E-state index in [0.717, 1.165) is 29.3 Å². The Hall–Kier alpha value is -2.17. The maximum Gasteiger partial charge on any atom is 0.254 e. The molecular weight excluding hydrogens is 240 g/mol. The third-order valence-electron chi connectivity index (χ3n) is 3.49. The average Bonchev–Trinajstić information content (AvgIpc) is 2.79. The van der Waals surface area contributed by atoms with E-state index in [-0.39, 0.29) is 5.91 Å². The van der Waals surface area contributed by atoms with E-state index in [4.69, 9.17) is 0 Å². The Morgan fingerprint density at radius 3 is 2.84 bits per heavy atom. The fraction of sp³-hybridized carbons (Fsp3) is 0.357. The molecule has 0 spiro atoms. The van der Waals surface area contributed by atoms with Gasteiger partial charge in [-0.25, -0.2) is 0 Å². The molecule has 0 radical (unpaired) electrons. The number of carbonyl (C=O) groups excluding carboxylic acids is 1. The standard InChI is InChI=1S/C14H16N4O/c1-10-4-3-5-12(8-10)14(19)17-6-7-18-11(2)15-16-13(18)9-17/h3-5,8H,6-7,9H2,1-2H3. The van der Waals surface area contributed by atoms with Crippen LogP contribution in [-0.2, 0) is 13.1 Å². The molecule has 1 aliphatic heterocycles. The van der Waals surface area contributed by atoms with Crippen LogP contribution in [0.2, 0.25) is 0 Å². The van der Waals surface area contributed by atoms with Crippen molar-refractivity contribution in [2.45, 2.75) is 26.9 Å². The highest BCUT2D eigenvalue weighted by Crippen LogP contribution is 2.15. The molecule has 0 aliphatic carbocycles. The quantitative estimate of drug-likeness (QED) is 0.778. The number of nitrogens with zero attached hydrogens (tertiary/aromatic N) is 4. The van der Waals surface area contributed by atoms with Gasteiger partial charge in [-0.05, 0) is 26.0 Å². The van der Waals surface area contributed by atoms with E-state index in [1.54, 1.807) is 0 Å². The molecule has 1 amide bonds. The summed E-state index contributed by atoms with van der Waals surface area (Å²) in [4.78, 5) is 14.3. The van der Waals surface area contributed by atoms with Gasteiger partial charge in [0.1, 0.15) is 5.82 Å². The van der Waals surface area contributed by atoms with Crippen LogP contribution in [0.25, 0.3) is 0 Å². The number of amides is 1. The predicted octanol–water partition coefficient (Wildman–Crippen LogP) is 1.55. The van der Waals surface area contributed by atoms with E-state index in [2.05, 4.69) is 14.8 Å². The minimum atomic E-state index is 0.0654. The second-order valence-electron chi connectivity index (χ2n) is 4.91. The molecule has 0 fully saturated rings. The van der Waals surface area contributed by atoms with Crippen LogP contribution < -0.4 is 0 Å². The SMILES string of the molecule is Cc1cccc(C(=O)N2CCn3c(C)nnc3C2)c1. The number of fused-ring (bicyclic) bond motifs is 1. The van der Waals surface area contributed by atoms with E-state index < -0.39 is 0 Å². The minimum absolute atomic E-state index is 0.0654. The van der Waals surface area contributed by atoms with Gasteiger partial charge in [-0.15, -0.1) is 10.2 Å². The molecule has 0 N–H and O–H groups in total. The number of carbonyl (C=O) groups is 1. The van der Waals surface area contributed by atoms with Gasteiger partial charge in [0, 0.05) is 18.7 Å². The summed E-state index contributed by atoms with van der Waals surface area (Å²) in [7, 11) is 0. The van der Waals surface area contributed by atoms with Gasteiger partial charge in [-0.3, -0.25) is 4.79 Å². The molecule has 0 atom stereocenters. The Balaban J connectivity index is 1.83. The molecule has 0 saturated heterocycles. The monoisotopic (exact) mass is 256 g/mol. The van der Waals surface area contributed by atoms with Crippen molar-refractivity contribution >= 4 is 5.91 Å². The summed E-state index contributed by atoms with van der Waals surface area (Å²) in [5.74, 6) is 1.85. The predicted molar refractivity (Wildman–Crippen MR) is 70.7 cm³/mol. The topological polar surface area (TPSA) is 51.0 Å². The first-order valence-corrected chi connectivity index (χ1v) is 6.40. The molecule has 1 aromatic heterocycles. The third kappa shape index (κ3) is 2.12. The molecule has 5 heteroatoms. The van der Waals surface area contributed by atoms with Gasteiger partial charge in [0.25, 0.3) is 5.91 Å². The second kappa shape index (κ2) is 4.50. The normalized spacial score (nSPS) is 14.3. The fourth-order valence-electron chi connectivity index (χ4n) is 2.44. The zero-order valence-electron chi connectivity index (χ0n) is 11.1. The van der Waals surface area contributed by atoms with E-state index in [0.29, 0.717) is 13.1 Å². The largest absolute Gasteiger partial charge is 0.329 e. The molecule has 2 aromatic rings. The van der Waals surface area contributed by atoms with Crippen LogP contribution in [0.1, 0.15) is 27.6 Å². The third-order valence-corrected chi connectivity index (χ3v) is 3.49. The maximum atomic E-state index is 12.4. The number of aromatic nitrogens is 3. The Labute approximate surface area is 111 Å². The smallest absolute Gasteiger partial charge is 0.254 e. The van der Waals surface area contributed by atoms with Gasteiger partial charge in [-0.1, -0.05) is 17.7 Å². The average molecular weight is 256 g/mol. The van der Waals surface area contributed by atoms with Crippen molar-refractivity contribution < 1.29 is 4.79 Å². The van der Waals surface area contributed by atoms with Crippen LogP contribution in [0.4, 0.5) is 0 Å². The first-order valence-electron chi connectivity index (χ1n) is 6.40. The summed E-state index contributed by atoms with van der Waals surface area (Å²) in [6, 6.07) is 7.69. The van der Waals surface area contributed by atoms with Crippen LogP contribution in [0.5, 0.6) is 0 Å². The molecule has 0 bridgehead atoms. The van der Waals surface area contributed by atoms with Gasteiger partial charge in [0.15, 0.2) is 5.82 Å². The number of hydrogen-bond acceptors (Lipinski definition) is 3. The summed E-state index contributed by atoms with van der Waals surface area (Å²) >= 11 is 0. The van der Waals surface area contributed by atoms with E-state index in [1.807, 2.05) is 43.0 Å². The Morgan fingerprint density at radius 1 is 1.21 bits per heavy atom. The summed E-state index contributed by atoms with van der Waals surface area (Å²) < 4.78 is 2.07. The lowest BCUT2D eigenvalue weighted by atomic mass is 10.1. The van der Waals surface area contributed by atoms with Crippen molar-refractivity contribution in [3.8, 4) is 0 Å². The molecule has 0 saturated carbocycles. The first-order chi connectivity index (χ1) is 9.15. The van der Waals surface area contributed by atoms with E-state index in [1.165, 1.54) is 0 Å². The second-order valence-corrected chi connectivity index (χ2v) is 4.91. The molecule has 1 aromatic carbocycles. The number of rotatable bonds is 1. The highest BCUT2D eigenvalue weighted by atomic mass is 16.2. The molecule has 2 heterocycles. The van der Waals surface area contributed by atoms with E-state index >= 15 is 0 Å². The van der Waals surface area contributed by atoms with Gasteiger partial charge in [-0.2, -0.15) is 0 Å². The zero-order valence-corrected chi connectivity index (χ0v) is 11.1. The number of benzene rings is 1. The molecule has 0 unspecified atom stereocenters. The molecule has 98 valence electrons. The number of hydrogen-bond donors (Lipinski definition) is 0. The molecule has 19 heavy (non-hydrogen) atoms.